The van der Waals surface area contributed by atoms with Crippen molar-refractivity contribution in [1.82, 2.24) is 0 Å². The third-order valence-electron chi connectivity index (χ3n) is 4.28. The number of aryl methyl sites for hydroxylation is 1. The molecule has 1 saturated heterocycles. The molecule has 3 rings (SSSR count). The second-order valence-electron chi connectivity index (χ2n) is 6.28. The second-order valence-corrected chi connectivity index (χ2v) is 8.90. The SMILES string of the molecule is Cc1ccc(Sc2c(N3CCCC3)cc(C(=O)O)cc2S(N)(=O)=O)cc1. The summed E-state index contributed by atoms with van der Waals surface area (Å²) < 4.78 is 24.4. The molecule has 0 aromatic heterocycles. The molecule has 0 saturated carbocycles. The van der Waals surface area contributed by atoms with Crippen LogP contribution in [0, 0.1) is 6.92 Å². The van der Waals surface area contributed by atoms with Gasteiger partial charge in [0.15, 0.2) is 0 Å². The average Bonchev–Trinajstić information content (AvgIpc) is 3.10. The number of nitrogens with two attached hydrogens (primary N) is 1. The maximum Gasteiger partial charge on any atom is 0.335 e. The third kappa shape index (κ3) is 4.03. The van der Waals surface area contributed by atoms with Crippen molar-refractivity contribution in [3.8, 4) is 0 Å². The number of aromatic carboxylic acids is 1. The molecule has 1 aliphatic rings. The molecule has 0 aliphatic carbocycles. The molecule has 6 nitrogen and oxygen atoms in total. The molecule has 0 unspecified atom stereocenters. The Labute approximate surface area is 157 Å². The largest absolute Gasteiger partial charge is 0.478 e. The molecule has 0 amide bonds. The van der Waals surface area contributed by atoms with Crippen LogP contribution in [0.2, 0.25) is 0 Å². The van der Waals surface area contributed by atoms with E-state index in [1.165, 1.54) is 11.8 Å². The minimum atomic E-state index is -4.08. The molecule has 0 radical (unpaired) electrons. The molecule has 2 aromatic rings. The monoisotopic (exact) mass is 392 g/mol. The number of rotatable bonds is 5. The van der Waals surface area contributed by atoms with Crippen molar-refractivity contribution in [2.24, 2.45) is 5.14 Å². The van der Waals surface area contributed by atoms with Crippen LogP contribution in [-0.2, 0) is 10.0 Å². The van der Waals surface area contributed by atoms with Crippen LogP contribution >= 0.6 is 11.8 Å². The van der Waals surface area contributed by atoms with Gasteiger partial charge in [0.2, 0.25) is 10.0 Å². The van der Waals surface area contributed by atoms with Gasteiger partial charge in [-0.15, -0.1) is 0 Å². The fourth-order valence-corrected chi connectivity index (χ4v) is 5.03. The fraction of sp³-hybridized carbons (Fsp3) is 0.278. The quantitative estimate of drug-likeness (QED) is 0.811. The zero-order chi connectivity index (χ0) is 18.9. The Bertz CT molecular complexity index is 934. The number of hydrogen-bond donors (Lipinski definition) is 2. The van der Waals surface area contributed by atoms with Gasteiger partial charge in [-0.1, -0.05) is 29.5 Å². The van der Waals surface area contributed by atoms with Crippen molar-refractivity contribution < 1.29 is 18.3 Å². The lowest BCUT2D eigenvalue weighted by molar-refractivity contribution is 0.0696. The summed E-state index contributed by atoms with van der Waals surface area (Å²) in [6, 6.07) is 10.4. The van der Waals surface area contributed by atoms with E-state index in [4.69, 9.17) is 5.14 Å². The van der Waals surface area contributed by atoms with Gasteiger partial charge in [-0.05, 0) is 44.0 Å². The highest BCUT2D eigenvalue weighted by molar-refractivity contribution is 8.00. The first-order valence-corrected chi connectivity index (χ1v) is 10.6. The molecule has 0 bridgehead atoms. The van der Waals surface area contributed by atoms with Crippen LogP contribution in [0.1, 0.15) is 28.8 Å². The van der Waals surface area contributed by atoms with Crippen molar-refractivity contribution in [2.45, 2.75) is 34.5 Å². The van der Waals surface area contributed by atoms with Crippen molar-refractivity contribution in [1.29, 1.82) is 0 Å². The predicted octanol–water partition coefficient (Wildman–Crippen LogP) is 3.09. The zero-order valence-corrected chi connectivity index (χ0v) is 15.9. The molecule has 0 spiro atoms. The summed E-state index contributed by atoms with van der Waals surface area (Å²) >= 11 is 1.29. The predicted molar refractivity (Wildman–Crippen MR) is 102 cm³/mol. The molecule has 1 fully saturated rings. The van der Waals surface area contributed by atoms with Gasteiger partial charge in [-0.25, -0.2) is 18.4 Å². The molecular weight excluding hydrogens is 372 g/mol. The van der Waals surface area contributed by atoms with E-state index in [0.717, 1.165) is 42.5 Å². The average molecular weight is 393 g/mol. The van der Waals surface area contributed by atoms with E-state index in [9.17, 15) is 18.3 Å². The molecule has 1 aliphatic heterocycles. The van der Waals surface area contributed by atoms with Crippen LogP contribution in [0.3, 0.4) is 0 Å². The smallest absolute Gasteiger partial charge is 0.335 e. The Hall–Kier alpha value is -2.03. The Morgan fingerprint density at radius 2 is 1.77 bits per heavy atom. The summed E-state index contributed by atoms with van der Waals surface area (Å²) in [7, 11) is -4.08. The van der Waals surface area contributed by atoms with Crippen molar-refractivity contribution in [2.75, 3.05) is 18.0 Å². The van der Waals surface area contributed by atoms with Crippen LogP contribution in [0.4, 0.5) is 5.69 Å². The normalized spacial score (nSPS) is 14.6. The number of nitrogens with zero attached hydrogens (tertiary/aromatic N) is 1. The van der Waals surface area contributed by atoms with Gasteiger partial charge < -0.3 is 10.0 Å². The summed E-state index contributed by atoms with van der Waals surface area (Å²) in [5.41, 5.74) is 1.63. The van der Waals surface area contributed by atoms with Gasteiger partial charge in [0.1, 0.15) is 0 Å². The van der Waals surface area contributed by atoms with Gasteiger partial charge in [-0.2, -0.15) is 0 Å². The van der Waals surface area contributed by atoms with Crippen molar-refractivity contribution in [3.05, 3.63) is 47.5 Å². The summed E-state index contributed by atoms with van der Waals surface area (Å²) in [5.74, 6) is -1.18. The lowest BCUT2D eigenvalue weighted by Gasteiger charge is -2.23. The van der Waals surface area contributed by atoms with E-state index >= 15 is 0 Å². The van der Waals surface area contributed by atoms with Gasteiger partial charge in [0.25, 0.3) is 0 Å². The van der Waals surface area contributed by atoms with Crippen LogP contribution in [0.5, 0.6) is 0 Å². The Balaban J connectivity index is 2.20. The van der Waals surface area contributed by atoms with Gasteiger partial charge >= 0.3 is 5.97 Å². The topological polar surface area (TPSA) is 101 Å². The summed E-state index contributed by atoms with van der Waals surface area (Å²) in [5, 5.41) is 14.8. The number of carboxylic acid groups (broad SMARTS) is 1. The first-order chi connectivity index (χ1) is 12.3. The molecule has 26 heavy (non-hydrogen) atoms. The highest BCUT2D eigenvalue weighted by atomic mass is 32.2. The third-order valence-corrected chi connectivity index (χ3v) is 6.48. The van der Waals surface area contributed by atoms with Crippen LogP contribution < -0.4 is 10.0 Å². The van der Waals surface area contributed by atoms with E-state index in [-0.39, 0.29) is 10.5 Å². The van der Waals surface area contributed by atoms with E-state index in [0.29, 0.717) is 10.6 Å². The number of primary sulfonamides is 1. The lowest BCUT2D eigenvalue weighted by atomic mass is 10.2. The molecule has 2 aromatic carbocycles. The standard InChI is InChI=1S/C18H20N2O4S2/c1-12-4-6-14(7-5-12)25-17-15(20-8-2-3-9-20)10-13(18(21)22)11-16(17)26(19,23)24/h4-7,10-11H,2-3,8-9H2,1H3,(H,21,22)(H2,19,23,24). The first kappa shape index (κ1) is 18.8. The Morgan fingerprint density at radius 3 is 2.31 bits per heavy atom. The van der Waals surface area contributed by atoms with Gasteiger partial charge in [0, 0.05) is 18.0 Å². The Kier molecular flexibility index (Phi) is 5.27. The summed E-state index contributed by atoms with van der Waals surface area (Å²) in [6.45, 7) is 3.49. The molecule has 138 valence electrons. The summed E-state index contributed by atoms with van der Waals surface area (Å²) in [6.07, 6.45) is 1.97. The maximum atomic E-state index is 12.2. The van der Waals surface area contributed by atoms with Gasteiger partial charge in [-0.3, -0.25) is 0 Å². The molecule has 1 heterocycles. The molecular formula is C18H20N2O4S2. The Morgan fingerprint density at radius 1 is 1.15 bits per heavy atom. The van der Waals surface area contributed by atoms with Crippen LogP contribution in [0.15, 0.2) is 51.1 Å². The van der Waals surface area contributed by atoms with E-state index in [1.807, 2.05) is 36.1 Å². The maximum absolute atomic E-state index is 12.2. The number of anilines is 1. The highest BCUT2D eigenvalue weighted by Crippen LogP contribution is 2.41. The first-order valence-electron chi connectivity index (χ1n) is 8.19. The molecule has 8 heteroatoms. The van der Waals surface area contributed by atoms with E-state index in [2.05, 4.69) is 0 Å². The minimum absolute atomic E-state index is 0.0795. The second kappa shape index (κ2) is 7.30. The van der Waals surface area contributed by atoms with Crippen LogP contribution in [-0.4, -0.2) is 32.6 Å². The van der Waals surface area contributed by atoms with Crippen LogP contribution in [0.25, 0.3) is 0 Å². The number of benzene rings is 2. The fourth-order valence-electron chi connectivity index (χ4n) is 2.94. The minimum Gasteiger partial charge on any atom is -0.478 e. The van der Waals surface area contributed by atoms with E-state index < -0.39 is 16.0 Å². The summed E-state index contributed by atoms with van der Waals surface area (Å²) in [4.78, 5) is 14.7. The van der Waals surface area contributed by atoms with E-state index in [1.54, 1.807) is 6.07 Å². The molecule has 0 atom stereocenters. The highest BCUT2D eigenvalue weighted by Gasteiger charge is 2.26. The van der Waals surface area contributed by atoms with Crippen molar-refractivity contribution in [3.63, 3.8) is 0 Å². The zero-order valence-electron chi connectivity index (χ0n) is 14.3. The number of hydrogen-bond acceptors (Lipinski definition) is 5. The number of carbonyl (C=O) groups is 1. The van der Waals surface area contributed by atoms with Gasteiger partial charge in [0.05, 0.1) is 21.0 Å². The number of sulfonamides is 1. The van der Waals surface area contributed by atoms with Crippen molar-refractivity contribution >= 4 is 33.4 Å². The molecule has 3 N–H and O–H groups in total. The number of carboxylic acids is 1. The lowest BCUT2D eigenvalue weighted by Crippen LogP contribution is -2.22.